The maximum Gasteiger partial charge on any atom is 0.409 e. The Bertz CT molecular complexity index is 1580. The summed E-state index contributed by atoms with van der Waals surface area (Å²) in [7, 11) is 9.14. The maximum atomic E-state index is 14.1. The second-order valence-electron chi connectivity index (χ2n) is 13.6. The van der Waals surface area contributed by atoms with Gasteiger partial charge in [-0.1, -0.05) is 63.9 Å². The number of amides is 3. The van der Waals surface area contributed by atoms with E-state index < -0.39 is 65.7 Å². The highest BCUT2D eigenvalue weighted by Crippen LogP contribution is 2.49. The van der Waals surface area contributed by atoms with Gasteiger partial charge in [0.1, 0.15) is 40.7 Å². The van der Waals surface area contributed by atoms with Crippen molar-refractivity contribution in [2.75, 3.05) is 45.2 Å². The third-order valence-electron chi connectivity index (χ3n) is 10.0. The Balaban J connectivity index is 1.74. The number of ether oxygens (including phenoxy) is 5. The number of rotatable bonds is 9. The summed E-state index contributed by atoms with van der Waals surface area (Å²) in [4.78, 5) is 56.2. The van der Waals surface area contributed by atoms with Gasteiger partial charge >= 0.3 is 12.1 Å². The number of nitrogens with zero attached hydrogens (tertiary/aromatic N) is 2. The van der Waals surface area contributed by atoms with Crippen LogP contribution in [-0.4, -0.2) is 116 Å². The maximum absolute atomic E-state index is 14.1. The highest BCUT2D eigenvalue weighted by Gasteiger charge is 2.64. The number of alkyl carbamates (subject to hydrolysis) is 1. The third-order valence-corrected chi connectivity index (χ3v) is 12.2. The number of carbonyl (C=O) groups excluding carboxylic acids is 4. The Morgan fingerprint density at radius 1 is 1.27 bits per heavy atom. The Labute approximate surface area is 318 Å². The van der Waals surface area contributed by atoms with Crippen LogP contribution >= 0.6 is 33.2 Å². The second kappa shape index (κ2) is 17.5. The molecule has 2 N–H and O–H groups in total. The monoisotopic (exact) mass is 783 g/mol. The van der Waals surface area contributed by atoms with Crippen molar-refractivity contribution >= 4 is 62.8 Å². The van der Waals surface area contributed by atoms with Gasteiger partial charge in [-0.05, 0) is 51.1 Å². The van der Waals surface area contributed by atoms with Crippen molar-refractivity contribution in [3.05, 3.63) is 46.5 Å². The van der Waals surface area contributed by atoms with Crippen LogP contribution < -0.4 is 15.0 Å². The van der Waals surface area contributed by atoms with Crippen molar-refractivity contribution in [1.29, 1.82) is 0 Å². The lowest BCUT2D eigenvalue weighted by Crippen LogP contribution is -2.63. The van der Waals surface area contributed by atoms with Gasteiger partial charge in [-0.15, -0.1) is 0 Å². The van der Waals surface area contributed by atoms with E-state index in [4.69, 9.17) is 35.3 Å². The van der Waals surface area contributed by atoms with Crippen LogP contribution in [0.5, 0.6) is 5.75 Å². The van der Waals surface area contributed by atoms with E-state index in [1.165, 1.54) is 31.1 Å². The smallest absolute Gasteiger partial charge is 0.409 e. The molecular weight excluding hydrogens is 734 g/mol. The van der Waals surface area contributed by atoms with E-state index in [0.717, 1.165) is 11.1 Å². The molecule has 3 aliphatic rings. The van der Waals surface area contributed by atoms with Gasteiger partial charge in [0.15, 0.2) is 5.72 Å². The molecule has 0 spiro atoms. The Morgan fingerprint density at radius 2 is 1.98 bits per heavy atom. The van der Waals surface area contributed by atoms with Gasteiger partial charge in [0.2, 0.25) is 11.8 Å². The molecule has 13 nitrogen and oxygen atoms in total. The molecule has 0 radical (unpaired) electrons. The number of hydrogen-bond donors (Lipinski definition) is 2. The fraction of sp³-hybridized carbons (Fsp3) is 0.611. The second-order valence-corrected chi connectivity index (χ2v) is 16.7. The van der Waals surface area contributed by atoms with Crippen LogP contribution in [0.15, 0.2) is 35.9 Å². The molecule has 16 heteroatoms. The summed E-state index contributed by atoms with van der Waals surface area (Å²) in [5.41, 5.74) is -0.884. The Hall–Kier alpha value is -2.95. The number of fused-ring (bicyclic) bond motifs is 5. The van der Waals surface area contributed by atoms with Gasteiger partial charge in [0.25, 0.3) is 0 Å². The number of nitrogens with one attached hydrogen (secondary N) is 1. The number of allylic oxidation sites excluding steroid dienone is 3. The molecule has 2 fully saturated rings. The molecule has 3 heterocycles. The van der Waals surface area contributed by atoms with Crippen molar-refractivity contribution in [2.24, 2.45) is 5.92 Å². The van der Waals surface area contributed by atoms with Crippen molar-refractivity contribution in [3.8, 4) is 5.75 Å². The van der Waals surface area contributed by atoms with Crippen LogP contribution in [0, 0.1) is 5.92 Å². The average molecular weight is 784 g/mol. The van der Waals surface area contributed by atoms with Gasteiger partial charge in [0, 0.05) is 45.7 Å². The lowest BCUT2D eigenvalue weighted by molar-refractivity contribution is -0.161. The van der Waals surface area contributed by atoms with Crippen LogP contribution in [-0.2, 0) is 39.8 Å². The molecule has 1 aromatic rings. The predicted octanol–water partition coefficient (Wildman–Crippen LogP) is 4.92. The lowest BCUT2D eigenvalue weighted by Gasteiger charge is -2.42. The molecular formula is C36H50ClN3O10S2. The zero-order valence-corrected chi connectivity index (χ0v) is 33.5. The number of hydrogen-bond acceptors (Lipinski definition) is 12. The first-order valence-corrected chi connectivity index (χ1v) is 20.1. The number of benzene rings is 1. The molecule has 1 aromatic carbocycles. The Morgan fingerprint density at radius 3 is 2.63 bits per heavy atom. The molecule has 8 atom stereocenters. The summed E-state index contributed by atoms with van der Waals surface area (Å²) in [6, 6.07) is 2.63. The molecule has 3 aliphatic heterocycles. The van der Waals surface area contributed by atoms with Gasteiger partial charge < -0.3 is 38.6 Å². The first kappa shape index (κ1) is 41.8. The van der Waals surface area contributed by atoms with Crippen LogP contribution in [0.1, 0.15) is 52.5 Å². The molecule has 3 amide bonds. The van der Waals surface area contributed by atoms with Crippen molar-refractivity contribution < 1.29 is 48.0 Å². The first-order chi connectivity index (χ1) is 24.5. The number of halogens is 1. The molecule has 4 rings (SSSR count). The van der Waals surface area contributed by atoms with Gasteiger partial charge in [-0.3, -0.25) is 14.9 Å². The molecule has 52 heavy (non-hydrogen) atoms. The number of methoxy groups -OCH3 is 2. The summed E-state index contributed by atoms with van der Waals surface area (Å²) in [6.07, 6.45) is 3.17. The zero-order valence-electron chi connectivity index (χ0n) is 31.1. The quantitative estimate of drug-likeness (QED) is 0.151. The van der Waals surface area contributed by atoms with E-state index in [1.807, 2.05) is 19.3 Å². The van der Waals surface area contributed by atoms with E-state index in [0.29, 0.717) is 23.6 Å². The average Bonchev–Trinajstić information content (AvgIpc) is 3.80. The van der Waals surface area contributed by atoms with Gasteiger partial charge in [0.05, 0.1) is 25.3 Å². The predicted molar refractivity (Wildman–Crippen MR) is 202 cm³/mol. The number of epoxide rings is 1. The molecule has 0 saturated carbocycles. The third kappa shape index (κ3) is 9.40. The van der Waals surface area contributed by atoms with Crippen molar-refractivity contribution in [3.63, 3.8) is 0 Å². The van der Waals surface area contributed by atoms with Crippen LogP contribution in [0.2, 0.25) is 5.02 Å². The highest BCUT2D eigenvalue weighted by molar-refractivity contribution is 8.76. The minimum atomic E-state index is -1.82. The summed E-state index contributed by atoms with van der Waals surface area (Å²) in [5, 5.41) is 14.5. The van der Waals surface area contributed by atoms with Gasteiger partial charge in [-0.25, -0.2) is 9.59 Å². The molecule has 6 unspecified atom stereocenters. The molecule has 4 bridgehead atoms. The summed E-state index contributed by atoms with van der Waals surface area (Å²) in [5.74, 6) is -0.916. The number of aliphatic hydroxyl groups is 1. The number of esters is 1. The number of carbonyl (C=O) groups is 4. The van der Waals surface area contributed by atoms with Crippen molar-refractivity contribution in [2.45, 2.75) is 95.2 Å². The minimum absolute atomic E-state index is 0.0452. The fourth-order valence-corrected chi connectivity index (χ4v) is 8.09. The molecule has 0 aliphatic carbocycles. The topological polar surface area (TPSA) is 156 Å². The minimum Gasteiger partial charge on any atom is -0.495 e. The number of likely N-dealkylation sites (N-methyl/N-ethyl adjacent to an activating group) is 1. The SMILES string of the molecule is COc1cc2cc(c1Cl)N(C)C(=O)CC(OC(=O)C(C)N(C)C(=O)CCSSC)[C@]1(C)OC1C(C)C1C[C@@](O)(NC(=O)O1)C(OC)C=CC=C(C)C2. The molecule has 2 saturated heterocycles. The van der Waals surface area contributed by atoms with Crippen LogP contribution in [0.4, 0.5) is 10.5 Å². The zero-order chi connectivity index (χ0) is 38.5. The van der Waals surface area contributed by atoms with E-state index in [1.54, 1.807) is 73.7 Å². The molecule has 288 valence electrons. The first-order valence-electron chi connectivity index (χ1n) is 17.0. The molecule has 0 aromatic heterocycles. The van der Waals surface area contributed by atoms with Gasteiger partial charge in [-0.2, -0.15) is 0 Å². The normalized spacial score (nSPS) is 29.9. The lowest BCUT2D eigenvalue weighted by atomic mass is 9.83. The highest BCUT2D eigenvalue weighted by atomic mass is 35.5. The van der Waals surface area contributed by atoms with E-state index >= 15 is 0 Å². The van der Waals surface area contributed by atoms with Crippen LogP contribution in [0.3, 0.4) is 0 Å². The summed E-state index contributed by atoms with van der Waals surface area (Å²) < 4.78 is 29.2. The largest absolute Gasteiger partial charge is 0.495 e. The number of anilines is 1. The Kier molecular flexibility index (Phi) is 14.0. The summed E-state index contributed by atoms with van der Waals surface area (Å²) >= 11 is 6.75. The summed E-state index contributed by atoms with van der Waals surface area (Å²) in [6.45, 7) is 7.02. The van der Waals surface area contributed by atoms with E-state index in [9.17, 15) is 24.3 Å². The standard InChI is InChI=1S/C36H50ClN3O10S2/c1-20-11-10-12-27(47-8)36(45)19-26(48-34(44)38-36)21(2)32-35(4,50-32)28(49-33(43)22(3)39(5)29(41)13-14-52-51-9)18-30(42)40(6)24-16-23(15-20)17-25(46-7)31(24)37/h10-12,16-17,21-22,26-28,32,45H,13-15,18-19H2,1-9H3,(H,38,44)/t21?,22?,26?,27?,28?,32?,35-,36-/m0/s1. The van der Waals surface area contributed by atoms with Crippen molar-refractivity contribution in [1.82, 2.24) is 10.2 Å². The fourth-order valence-electron chi connectivity index (χ4n) is 6.61. The van der Waals surface area contributed by atoms with E-state index in [-0.39, 0.29) is 30.2 Å². The van der Waals surface area contributed by atoms with Crippen LogP contribution in [0.25, 0.3) is 0 Å². The van der Waals surface area contributed by atoms with E-state index in [2.05, 4.69) is 5.32 Å².